The maximum Gasteiger partial charge on any atom is 0.255 e. The van der Waals surface area contributed by atoms with E-state index < -0.39 is 6.10 Å². The first kappa shape index (κ1) is 16.7. The zero-order chi connectivity index (χ0) is 17.3. The molecule has 0 spiro atoms. The van der Waals surface area contributed by atoms with Gasteiger partial charge in [0, 0.05) is 31.2 Å². The van der Waals surface area contributed by atoms with Crippen LogP contribution in [0.2, 0.25) is 0 Å². The first-order chi connectivity index (χ1) is 11.5. The SMILES string of the molecule is Cc1cc(C(=O)N(C)CC(O)C2CC2)c(C)n1Cc1ccccn1. The maximum atomic E-state index is 12.7. The van der Waals surface area contributed by atoms with E-state index in [4.69, 9.17) is 0 Å². The summed E-state index contributed by atoms with van der Waals surface area (Å²) in [4.78, 5) is 18.7. The summed E-state index contributed by atoms with van der Waals surface area (Å²) in [6.07, 6.45) is 3.52. The molecular formula is C19H25N3O2. The third kappa shape index (κ3) is 3.51. The van der Waals surface area contributed by atoms with E-state index in [0.29, 0.717) is 24.6 Å². The highest BCUT2D eigenvalue weighted by atomic mass is 16.3. The van der Waals surface area contributed by atoms with E-state index in [-0.39, 0.29) is 5.91 Å². The fraction of sp³-hybridized carbons (Fsp3) is 0.474. The van der Waals surface area contributed by atoms with E-state index in [0.717, 1.165) is 29.9 Å². The Bertz CT molecular complexity index is 720. The van der Waals surface area contributed by atoms with Gasteiger partial charge >= 0.3 is 0 Å². The van der Waals surface area contributed by atoms with E-state index in [9.17, 15) is 9.90 Å². The number of hydrogen-bond donors (Lipinski definition) is 1. The summed E-state index contributed by atoms with van der Waals surface area (Å²) in [5.41, 5.74) is 3.65. The molecule has 1 N–H and O–H groups in total. The van der Waals surface area contributed by atoms with Crippen molar-refractivity contribution < 1.29 is 9.90 Å². The van der Waals surface area contributed by atoms with Crippen LogP contribution >= 0.6 is 0 Å². The minimum Gasteiger partial charge on any atom is -0.391 e. The molecule has 5 heteroatoms. The number of amides is 1. The summed E-state index contributed by atoms with van der Waals surface area (Å²) < 4.78 is 2.11. The lowest BCUT2D eigenvalue weighted by molar-refractivity contribution is 0.0644. The first-order valence-corrected chi connectivity index (χ1v) is 8.47. The Morgan fingerprint density at radius 2 is 2.17 bits per heavy atom. The van der Waals surface area contributed by atoms with E-state index in [1.165, 1.54) is 0 Å². The number of aliphatic hydroxyl groups excluding tert-OH is 1. The fourth-order valence-electron chi connectivity index (χ4n) is 3.11. The zero-order valence-electron chi connectivity index (χ0n) is 14.6. The van der Waals surface area contributed by atoms with Crippen molar-refractivity contribution in [3.05, 3.63) is 53.1 Å². The number of rotatable bonds is 6. The van der Waals surface area contributed by atoms with E-state index in [2.05, 4.69) is 9.55 Å². The molecule has 1 fully saturated rings. The Labute approximate surface area is 142 Å². The number of carbonyl (C=O) groups excluding carboxylic acids is 1. The summed E-state index contributed by atoms with van der Waals surface area (Å²) >= 11 is 0. The molecule has 1 aliphatic rings. The molecule has 128 valence electrons. The molecule has 0 aromatic carbocycles. The number of aromatic nitrogens is 2. The van der Waals surface area contributed by atoms with Crippen molar-refractivity contribution in [3.63, 3.8) is 0 Å². The fourth-order valence-corrected chi connectivity index (χ4v) is 3.11. The summed E-state index contributed by atoms with van der Waals surface area (Å²) in [7, 11) is 1.76. The van der Waals surface area contributed by atoms with Crippen LogP contribution in [0.5, 0.6) is 0 Å². The minimum absolute atomic E-state index is 0.0323. The Kier molecular flexibility index (Phi) is 4.71. The third-order valence-corrected chi connectivity index (χ3v) is 4.82. The normalized spacial score (nSPS) is 15.3. The first-order valence-electron chi connectivity index (χ1n) is 8.47. The quantitative estimate of drug-likeness (QED) is 0.886. The van der Waals surface area contributed by atoms with Gasteiger partial charge in [-0.05, 0) is 50.8 Å². The topological polar surface area (TPSA) is 58.4 Å². The van der Waals surface area contributed by atoms with Crippen molar-refractivity contribution in [2.75, 3.05) is 13.6 Å². The van der Waals surface area contributed by atoms with Crippen molar-refractivity contribution in [1.29, 1.82) is 0 Å². The zero-order valence-corrected chi connectivity index (χ0v) is 14.6. The summed E-state index contributed by atoms with van der Waals surface area (Å²) in [5, 5.41) is 10.1. The molecule has 0 saturated heterocycles. The number of pyridine rings is 1. The van der Waals surface area contributed by atoms with Gasteiger partial charge in [-0.2, -0.15) is 0 Å². The van der Waals surface area contributed by atoms with Crippen LogP contribution in [-0.2, 0) is 6.54 Å². The van der Waals surface area contributed by atoms with Crippen molar-refractivity contribution in [1.82, 2.24) is 14.5 Å². The number of aryl methyl sites for hydroxylation is 1. The van der Waals surface area contributed by atoms with Gasteiger partial charge in [-0.1, -0.05) is 6.07 Å². The van der Waals surface area contributed by atoms with Crippen molar-refractivity contribution in [3.8, 4) is 0 Å². The van der Waals surface area contributed by atoms with Crippen LogP contribution in [0.25, 0.3) is 0 Å². The largest absolute Gasteiger partial charge is 0.391 e. The molecule has 2 aromatic rings. The lowest BCUT2D eigenvalue weighted by atomic mass is 10.2. The molecule has 3 rings (SSSR count). The number of aliphatic hydroxyl groups is 1. The highest BCUT2D eigenvalue weighted by Crippen LogP contribution is 2.33. The van der Waals surface area contributed by atoms with Gasteiger partial charge in [0.05, 0.1) is 23.9 Å². The van der Waals surface area contributed by atoms with Crippen molar-refractivity contribution in [2.45, 2.75) is 39.3 Å². The minimum atomic E-state index is -0.407. The number of carbonyl (C=O) groups is 1. The van der Waals surface area contributed by atoms with Crippen LogP contribution < -0.4 is 0 Å². The monoisotopic (exact) mass is 327 g/mol. The second kappa shape index (κ2) is 6.77. The number of hydrogen-bond acceptors (Lipinski definition) is 3. The van der Waals surface area contributed by atoms with Crippen LogP contribution in [0.4, 0.5) is 0 Å². The van der Waals surface area contributed by atoms with Crippen LogP contribution in [0.1, 0.15) is 40.3 Å². The van der Waals surface area contributed by atoms with Gasteiger partial charge < -0.3 is 14.6 Å². The predicted molar refractivity (Wildman–Crippen MR) is 92.9 cm³/mol. The third-order valence-electron chi connectivity index (χ3n) is 4.82. The molecule has 24 heavy (non-hydrogen) atoms. The molecule has 1 aliphatic carbocycles. The molecule has 0 aliphatic heterocycles. The highest BCUT2D eigenvalue weighted by molar-refractivity contribution is 5.95. The molecular weight excluding hydrogens is 302 g/mol. The highest BCUT2D eigenvalue weighted by Gasteiger charge is 2.31. The van der Waals surface area contributed by atoms with Gasteiger partial charge in [0.25, 0.3) is 5.91 Å². The predicted octanol–water partition coefficient (Wildman–Crippen LogP) is 2.39. The van der Waals surface area contributed by atoms with E-state index >= 15 is 0 Å². The van der Waals surface area contributed by atoms with Gasteiger partial charge in [-0.15, -0.1) is 0 Å². The second-order valence-corrected chi connectivity index (χ2v) is 6.78. The van der Waals surface area contributed by atoms with Crippen LogP contribution in [-0.4, -0.2) is 45.2 Å². The van der Waals surface area contributed by atoms with Gasteiger partial charge in [-0.3, -0.25) is 9.78 Å². The Morgan fingerprint density at radius 3 is 2.79 bits per heavy atom. The van der Waals surface area contributed by atoms with Crippen molar-refractivity contribution in [2.24, 2.45) is 5.92 Å². The van der Waals surface area contributed by atoms with Crippen LogP contribution in [0.3, 0.4) is 0 Å². The summed E-state index contributed by atoms with van der Waals surface area (Å²) in [6.45, 7) is 5.02. The molecule has 1 unspecified atom stereocenters. The standard InChI is InChI=1S/C19H25N3O2/c1-13-10-17(19(24)21(3)12-18(23)15-7-8-15)14(2)22(13)11-16-6-4-5-9-20-16/h4-6,9-10,15,18,23H,7-8,11-12H2,1-3H3. The van der Waals surface area contributed by atoms with Crippen LogP contribution in [0.15, 0.2) is 30.5 Å². The second-order valence-electron chi connectivity index (χ2n) is 6.78. The Morgan fingerprint density at radius 1 is 1.42 bits per heavy atom. The van der Waals surface area contributed by atoms with Gasteiger partial charge in [0.15, 0.2) is 0 Å². The molecule has 5 nitrogen and oxygen atoms in total. The molecule has 1 atom stereocenters. The van der Waals surface area contributed by atoms with Gasteiger partial charge in [-0.25, -0.2) is 0 Å². The van der Waals surface area contributed by atoms with Crippen molar-refractivity contribution >= 4 is 5.91 Å². The smallest absolute Gasteiger partial charge is 0.255 e. The van der Waals surface area contributed by atoms with Gasteiger partial charge in [0.2, 0.25) is 0 Å². The molecule has 2 heterocycles. The average molecular weight is 327 g/mol. The van der Waals surface area contributed by atoms with Gasteiger partial charge in [0.1, 0.15) is 0 Å². The lowest BCUT2D eigenvalue weighted by Crippen LogP contribution is -2.35. The summed E-state index contributed by atoms with van der Waals surface area (Å²) in [5.74, 6) is 0.340. The lowest BCUT2D eigenvalue weighted by Gasteiger charge is -2.21. The summed E-state index contributed by atoms with van der Waals surface area (Å²) in [6, 6.07) is 7.78. The Hall–Kier alpha value is -2.14. The molecule has 0 bridgehead atoms. The number of nitrogens with zero attached hydrogens (tertiary/aromatic N) is 3. The number of likely N-dealkylation sites (N-methyl/N-ethyl adjacent to an activating group) is 1. The average Bonchev–Trinajstić information content (AvgIpc) is 3.38. The maximum absolute atomic E-state index is 12.7. The van der Waals surface area contributed by atoms with E-state index in [1.807, 2.05) is 38.1 Å². The Balaban J connectivity index is 1.76. The molecule has 1 amide bonds. The van der Waals surface area contributed by atoms with Crippen LogP contribution in [0, 0.1) is 19.8 Å². The molecule has 0 radical (unpaired) electrons. The molecule has 1 saturated carbocycles. The molecule has 2 aromatic heterocycles. The van der Waals surface area contributed by atoms with E-state index in [1.54, 1.807) is 18.1 Å².